The van der Waals surface area contributed by atoms with E-state index in [9.17, 15) is 0 Å². The van der Waals surface area contributed by atoms with Crippen LogP contribution in [-0.2, 0) is 0 Å². The van der Waals surface area contributed by atoms with Crippen molar-refractivity contribution in [2.45, 2.75) is 6.92 Å². The molecule has 0 aliphatic heterocycles. The van der Waals surface area contributed by atoms with Crippen molar-refractivity contribution in [1.82, 2.24) is 19.9 Å². The number of nitrogens with two attached hydrogens (primary N) is 1. The van der Waals surface area contributed by atoms with E-state index < -0.39 is 0 Å². The summed E-state index contributed by atoms with van der Waals surface area (Å²) in [6.07, 6.45) is 2.97. The maximum atomic E-state index is 5.83. The third kappa shape index (κ3) is 1.64. The summed E-state index contributed by atoms with van der Waals surface area (Å²) in [5.74, 6) is 1.11. The van der Waals surface area contributed by atoms with Crippen molar-refractivity contribution in [3.63, 3.8) is 0 Å². The molecule has 0 unspecified atom stereocenters. The van der Waals surface area contributed by atoms with E-state index in [0.29, 0.717) is 28.5 Å². The summed E-state index contributed by atoms with van der Waals surface area (Å²) in [6, 6.07) is 5.51. The first kappa shape index (κ1) is 10.5. The number of aromatic amines is 1. The lowest BCUT2D eigenvalue weighted by Crippen LogP contribution is -1.95. The van der Waals surface area contributed by atoms with Gasteiger partial charge in [0, 0.05) is 11.3 Å². The van der Waals surface area contributed by atoms with Crippen LogP contribution in [0.3, 0.4) is 0 Å². The predicted molar refractivity (Wildman–Crippen MR) is 67.3 cm³/mol. The van der Waals surface area contributed by atoms with Crippen LogP contribution < -0.4 is 10.5 Å². The first-order valence-corrected chi connectivity index (χ1v) is 5.43. The highest BCUT2D eigenvalue weighted by atomic mass is 16.5. The lowest BCUT2D eigenvalue weighted by molar-refractivity contribution is 0.464. The fraction of sp³-hybridized carbons (Fsp3) is 0.0833. The molecule has 0 aliphatic rings. The lowest BCUT2D eigenvalue weighted by atomic mass is 10.2. The predicted octanol–water partition coefficient (Wildman–Crippen LogP) is 2.04. The Balaban J connectivity index is 2.06. The summed E-state index contributed by atoms with van der Waals surface area (Å²) < 4.78 is 5.76. The molecule has 0 fully saturated rings. The van der Waals surface area contributed by atoms with Gasteiger partial charge in [-0.3, -0.25) is 0 Å². The summed E-state index contributed by atoms with van der Waals surface area (Å²) in [6.45, 7) is 1.90. The Kier molecular flexibility index (Phi) is 2.33. The Labute approximate surface area is 103 Å². The number of nitrogens with zero attached hydrogens (tertiary/aromatic N) is 3. The zero-order chi connectivity index (χ0) is 12.5. The average Bonchev–Trinajstić information content (AvgIpc) is 2.84. The van der Waals surface area contributed by atoms with Gasteiger partial charge in [-0.2, -0.15) is 4.98 Å². The van der Waals surface area contributed by atoms with Gasteiger partial charge in [-0.25, -0.2) is 9.97 Å². The quantitative estimate of drug-likeness (QED) is 0.670. The van der Waals surface area contributed by atoms with Crippen molar-refractivity contribution in [1.29, 1.82) is 0 Å². The summed E-state index contributed by atoms with van der Waals surface area (Å²) in [5.41, 5.74) is 8.63. The minimum Gasteiger partial charge on any atom is -0.437 e. The molecule has 3 N–H and O–H groups in total. The second-order valence-electron chi connectivity index (χ2n) is 3.85. The van der Waals surface area contributed by atoms with Crippen LogP contribution in [0, 0.1) is 6.92 Å². The van der Waals surface area contributed by atoms with Crippen molar-refractivity contribution in [2.24, 2.45) is 0 Å². The first-order valence-electron chi connectivity index (χ1n) is 5.43. The molecular formula is C12H11N5O. The first-order chi connectivity index (χ1) is 8.75. The molecule has 2 aromatic heterocycles. The molecule has 1 aromatic carbocycles. The van der Waals surface area contributed by atoms with Crippen LogP contribution in [0.5, 0.6) is 11.6 Å². The Morgan fingerprint density at radius 2 is 2.11 bits per heavy atom. The van der Waals surface area contributed by atoms with Gasteiger partial charge < -0.3 is 15.5 Å². The molecule has 2 heterocycles. The molecule has 18 heavy (non-hydrogen) atoms. The number of imidazole rings is 1. The number of anilines is 1. The van der Waals surface area contributed by atoms with Crippen LogP contribution in [-0.4, -0.2) is 19.9 Å². The summed E-state index contributed by atoms with van der Waals surface area (Å²) in [4.78, 5) is 15.1. The number of fused-ring (bicyclic) bond motifs is 1. The topological polar surface area (TPSA) is 89.7 Å². The maximum Gasteiger partial charge on any atom is 0.248 e. The molecule has 3 rings (SSSR count). The monoisotopic (exact) mass is 241 g/mol. The molecule has 90 valence electrons. The fourth-order valence-electron chi connectivity index (χ4n) is 1.67. The molecule has 3 aromatic rings. The van der Waals surface area contributed by atoms with Gasteiger partial charge in [-0.15, -0.1) is 0 Å². The van der Waals surface area contributed by atoms with Crippen LogP contribution >= 0.6 is 0 Å². The fourth-order valence-corrected chi connectivity index (χ4v) is 1.67. The number of hydrogen-bond donors (Lipinski definition) is 2. The molecular weight excluding hydrogens is 230 g/mol. The smallest absolute Gasteiger partial charge is 0.248 e. The van der Waals surface area contributed by atoms with Gasteiger partial charge in [0.1, 0.15) is 17.6 Å². The molecule has 6 heteroatoms. The largest absolute Gasteiger partial charge is 0.437 e. The van der Waals surface area contributed by atoms with Crippen LogP contribution in [0.15, 0.2) is 30.9 Å². The van der Waals surface area contributed by atoms with Crippen molar-refractivity contribution >= 4 is 16.9 Å². The minimum absolute atomic E-state index is 0.436. The maximum absolute atomic E-state index is 5.83. The molecule has 0 bridgehead atoms. The van der Waals surface area contributed by atoms with E-state index in [1.165, 1.54) is 6.33 Å². The molecule has 0 saturated heterocycles. The van der Waals surface area contributed by atoms with E-state index in [2.05, 4.69) is 19.9 Å². The SMILES string of the molecule is Cc1c(N)cccc1Oc1ncnc2nc[nH]c12. The van der Waals surface area contributed by atoms with Gasteiger partial charge >= 0.3 is 0 Å². The number of rotatable bonds is 2. The standard InChI is InChI=1S/C12H11N5O/c1-7-8(13)3-2-4-9(7)18-12-10-11(15-5-14-10)16-6-17-12/h2-6H,13H2,1H3,(H,14,15,16,17). The van der Waals surface area contributed by atoms with Crippen LogP contribution in [0.2, 0.25) is 0 Å². The van der Waals surface area contributed by atoms with Crippen LogP contribution in [0.1, 0.15) is 5.56 Å². The van der Waals surface area contributed by atoms with Crippen LogP contribution in [0.25, 0.3) is 11.2 Å². The highest BCUT2D eigenvalue weighted by Gasteiger charge is 2.10. The number of nitrogen functional groups attached to an aromatic ring is 1. The van der Waals surface area contributed by atoms with Gasteiger partial charge in [-0.1, -0.05) is 6.07 Å². The highest BCUT2D eigenvalue weighted by Crippen LogP contribution is 2.29. The molecule has 0 spiro atoms. The van der Waals surface area contributed by atoms with Crippen molar-refractivity contribution in [2.75, 3.05) is 5.73 Å². The number of ether oxygens (including phenoxy) is 1. The number of benzene rings is 1. The van der Waals surface area contributed by atoms with Gasteiger partial charge in [0.2, 0.25) is 5.88 Å². The molecule has 0 amide bonds. The Morgan fingerprint density at radius 1 is 1.22 bits per heavy atom. The van der Waals surface area contributed by atoms with E-state index in [4.69, 9.17) is 10.5 Å². The summed E-state index contributed by atoms with van der Waals surface area (Å²) >= 11 is 0. The van der Waals surface area contributed by atoms with E-state index >= 15 is 0 Å². The van der Waals surface area contributed by atoms with E-state index in [0.717, 1.165) is 5.56 Å². The van der Waals surface area contributed by atoms with E-state index in [1.54, 1.807) is 6.33 Å². The zero-order valence-electron chi connectivity index (χ0n) is 9.71. The minimum atomic E-state index is 0.436. The number of H-pyrrole nitrogens is 1. The summed E-state index contributed by atoms with van der Waals surface area (Å²) in [7, 11) is 0. The number of aromatic nitrogens is 4. The lowest BCUT2D eigenvalue weighted by Gasteiger charge is -2.09. The van der Waals surface area contributed by atoms with E-state index in [-0.39, 0.29) is 0 Å². The number of nitrogens with one attached hydrogen (secondary N) is 1. The molecule has 0 saturated carbocycles. The van der Waals surface area contributed by atoms with Crippen molar-refractivity contribution in [3.05, 3.63) is 36.4 Å². The van der Waals surface area contributed by atoms with Gasteiger partial charge in [0.25, 0.3) is 0 Å². The number of hydrogen-bond acceptors (Lipinski definition) is 5. The van der Waals surface area contributed by atoms with Gasteiger partial charge in [0.15, 0.2) is 5.65 Å². The third-order valence-electron chi connectivity index (χ3n) is 2.72. The second-order valence-corrected chi connectivity index (χ2v) is 3.85. The van der Waals surface area contributed by atoms with Gasteiger partial charge in [-0.05, 0) is 19.1 Å². The summed E-state index contributed by atoms with van der Waals surface area (Å²) in [5, 5.41) is 0. The van der Waals surface area contributed by atoms with Crippen LogP contribution in [0.4, 0.5) is 5.69 Å². The Morgan fingerprint density at radius 3 is 3.00 bits per heavy atom. The van der Waals surface area contributed by atoms with Crippen molar-refractivity contribution < 1.29 is 4.74 Å². The third-order valence-corrected chi connectivity index (χ3v) is 2.72. The second kappa shape index (κ2) is 3.99. The van der Waals surface area contributed by atoms with E-state index in [1.807, 2.05) is 25.1 Å². The average molecular weight is 241 g/mol. The van der Waals surface area contributed by atoms with Gasteiger partial charge in [0.05, 0.1) is 6.33 Å². The molecule has 0 atom stereocenters. The molecule has 0 radical (unpaired) electrons. The Hall–Kier alpha value is -2.63. The molecule has 6 nitrogen and oxygen atoms in total. The van der Waals surface area contributed by atoms with Crippen molar-refractivity contribution in [3.8, 4) is 11.6 Å². The zero-order valence-corrected chi connectivity index (χ0v) is 9.71. The normalized spacial score (nSPS) is 10.7. The molecule has 0 aliphatic carbocycles. The highest BCUT2D eigenvalue weighted by molar-refractivity contribution is 5.75. The Bertz CT molecular complexity index is 707.